The lowest BCUT2D eigenvalue weighted by Gasteiger charge is -2.19. The van der Waals surface area contributed by atoms with Crippen LogP contribution < -0.4 is 0 Å². The van der Waals surface area contributed by atoms with Crippen molar-refractivity contribution in [3.63, 3.8) is 0 Å². The summed E-state index contributed by atoms with van der Waals surface area (Å²) in [6.45, 7) is 3.57. The van der Waals surface area contributed by atoms with Crippen LogP contribution in [0.15, 0.2) is 12.8 Å². The van der Waals surface area contributed by atoms with E-state index in [2.05, 4.69) is 11.3 Å². The van der Waals surface area contributed by atoms with Crippen LogP contribution in [-0.2, 0) is 14.3 Å². The molecule has 1 N–H and O–H groups in total. The second-order valence-electron chi connectivity index (χ2n) is 2.67. The van der Waals surface area contributed by atoms with E-state index in [9.17, 15) is 14.7 Å². The van der Waals surface area contributed by atoms with E-state index >= 15 is 0 Å². The molecular weight excluding hydrogens is 174 g/mol. The molecule has 0 aromatic rings. The number of aliphatic hydroxyl groups excluding tert-OH is 1. The summed E-state index contributed by atoms with van der Waals surface area (Å²) >= 11 is 0. The number of esters is 1. The van der Waals surface area contributed by atoms with Gasteiger partial charge in [-0.1, -0.05) is 6.58 Å². The maximum atomic E-state index is 11.1. The van der Waals surface area contributed by atoms with Crippen LogP contribution in [0, 0.1) is 0 Å². The maximum Gasteiger partial charge on any atom is 0.361 e. The first kappa shape index (κ1) is 9.73. The molecular formula is C8H11NO4. The molecule has 1 amide bonds. The molecule has 1 heterocycles. The zero-order valence-electron chi connectivity index (χ0n) is 7.10. The number of carbonyl (C=O) groups is 2. The molecule has 1 fully saturated rings. The summed E-state index contributed by atoms with van der Waals surface area (Å²) in [6, 6.07) is 0. The van der Waals surface area contributed by atoms with Gasteiger partial charge < -0.3 is 14.7 Å². The van der Waals surface area contributed by atoms with Gasteiger partial charge in [-0.3, -0.25) is 4.79 Å². The minimum absolute atomic E-state index is 0.228. The van der Waals surface area contributed by atoms with E-state index in [1.807, 2.05) is 0 Å². The SMILES string of the molecule is C=COC(=O)C(O)N1CCCC1=O. The van der Waals surface area contributed by atoms with Crippen LogP contribution >= 0.6 is 0 Å². The van der Waals surface area contributed by atoms with Crippen molar-refractivity contribution in [2.75, 3.05) is 6.54 Å². The number of likely N-dealkylation sites (tertiary alicyclic amines) is 1. The minimum atomic E-state index is -1.49. The molecule has 1 saturated heterocycles. The fourth-order valence-corrected chi connectivity index (χ4v) is 1.20. The first-order valence-electron chi connectivity index (χ1n) is 3.95. The quantitative estimate of drug-likeness (QED) is 0.480. The number of carbonyl (C=O) groups excluding carboxylic acids is 2. The monoisotopic (exact) mass is 185 g/mol. The van der Waals surface area contributed by atoms with Crippen LogP contribution in [0.3, 0.4) is 0 Å². The predicted molar refractivity (Wildman–Crippen MR) is 43.2 cm³/mol. The number of amides is 1. The van der Waals surface area contributed by atoms with Crippen LogP contribution in [-0.4, -0.2) is 34.7 Å². The molecule has 5 nitrogen and oxygen atoms in total. The van der Waals surface area contributed by atoms with E-state index in [0.717, 1.165) is 11.2 Å². The summed E-state index contributed by atoms with van der Waals surface area (Å²) in [5.74, 6) is -1.10. The van der Waals surface area contributed by atoms with Gasteiger partial charge in [0.05, 0.1) is 6.26 Å². The fourth-order valence-electron chi connectivity index (χ4n) is 1.20. The Balaban J connectivity index is 2.55. The number of nitrogens with zero attached hydrogens (tertiary/aromatic N) is 1. The highest BCUT2D eigenvalue weighted by Gasteiger charge is 2.31. The third-order valence-corrected chi connectivity index (χ3v) is 1.82. The second-order valence-corrected chi connectivity index (χ2v) is 2.67. The van der Waals surface area contributed by atoms with Crippen LogP contribution in [0.5, 0.6) is 0 Å². The van der Waals surface area contributed by atoms with Crippen molar-refractivity contribution in [3.8, 4) is 0 Å². The van der Waals surface area contributed by atoms with Gasteiger partial charge in [0.15, 0.2) is 0 Å². The predicted octanol–water partition coefficient (Wildman–Crippen LogP) is -0.386. The molecule has 0 bridgehead atoms. The van der Waals surface area contributed by atoms with E-state index in [4.69, 9.17) is 0 Å². The third-order valence-electron chi connectivity index (χ3n) is 1.82. The van der Waals surface area contributed by atoms with Crippen LogP contribution in [0.25, 0.3) is 0 Å². The van der Waals surface area contributed by atoms with Crippen molar-refractivity contribution >= 4 is 11.9 Å². The summed E-state index contributed by atoms with van der Waals surface area (Å²) in [5, 5.41) is 9.30. The molecule has 5 heteroatoms. The Morgan fingerprint density at radius 3 is 2.92 bits per heavy atom. The maximum absolute atomic E-state index is 11.1. The van der Waals surface area contributed by atoms with Crippen LogP contribution in [0.2, 0.25) is 0 Å². The Bertz CT molecular complexity index is 238. The van der Waals surface area contributed by atoms with Gasteiger partial charge in [0.1, 0.15) is 0 Å². The smallest absolute Gasteiger partial charge is 0.361 e. The van der Waals surface area contributed by atoms with Crippen molar-refractivity contribution in [1.82, 2.24) is 4.90 Å². The van der Waals surface area contributed by atoms with Crippen LogP contribution in [0.1, 0.15) is 12.8 Å². The Morgan fingerprint density at radius 2 is 2.46 bits per heavy atom. The van der Waals surface area contributed by atoms with E-state index in [1.54, 1.807) is 0 Å². The van der Waals surface area contributed by atoms with Gasteiger partial charge in [0, 0.05) is 13.0 Å². The van der Waals surface area contributed by atoms with E-state index in [0.29, 0.717) is 19.4 Å². The topological polar surface area (TPSA) is 66.8 Å². The largest absolute Gasteiger partial charge is 0.432 e. The molecule has 0 aromatic carbocycles. The summed E-state index contributed by atoms with van der Waals surface area (Å²) in [7, 11) is 0. The average Bonchev–Trinajstić information content (AvgIpc) is 2.50. The molecule has 1 atom stereocenters. The van der Waals surface area contributed by atoms with Gasteiger partial charge in [-0.05, 0) is 6.42 Å². The Morgan fingerprint density at radius 1 is 1.77 bits per heavy atom. The summed E-state index contributed by atoms with van der Waals surface area (Å²) in [4.78, 5) is 23.1. The molecule has 1 unspecified atom stereocenters. The Kier molecular flexibility index (Phi) is 3.02. The van der Waals surface area contributed by atoms with E-state index < -0.39 is 12.2 Å². The average molecular weight is 185 g/mol. The van der Waals surface area contributed by atoms with Crippen molar-refractivity contribution in [2.45, 2.75) is 19.1 Å². The fraction of sp³-hybridized carbons (Fsp3) is 0.500. The third kappa shape index (κ3) is 2.06. The molecule has 0 saturated carbocycles. The molecule has 72 valence electrons. The first-order valence-corrected chi connectivity index (χ1v) is 3.95. The first-order chi connectivity index (χ1) is 6.16. The van der Waals surface area contributed by atoms with Gasteiger partial charge in [0.2, 0.25) is 12.1 Å². The number of rotatable bonds is 3. The second kappa shape index (κ2) is 4.04. The van der Waals surface area contributed by atoms with E-state index in [1.165, 1.54) is 0 Å². The highest BCUT2D eigenvalue weighted by atomic mass is 16.5. The standard InChI is InChI=1S/C8H11NO4/c1-2-13-8(12)7(11)9-5-3-4-6(9)10/h2,7,11H,1,3-5H2. The molecule has 1 rings (SSSR count). The normalized spacial score (nSPS) is 18.5. The zero-order valence-corrected chi connectivity index (χ0v) is 7.10. The van der Waals surface area contributed by atoms with E-state index in [-0.39, 0.29) is 5.91 Å². The summed E-state index contributed by atoms with van der Waals surface area (Å²) in [6.07, 6.45) is 0.468. The zero-order chi connectivity index (χ0) is 9.84. The highest BCUT2D eigenvalue weighted by molar-refractivity contribution is 5.84. The number of ether oxygens (including phenoxy) is 1. The Labute approximate surface area is 75.6 Å². The number of aliphatic hydroxyl groups is 1. The minimum Gasteiger partial charge on any atom is -0.432 e. The highest BCUT2D eigenvalue weighted by Crippen LogP contribution is 2.12. The van der Waals surface area contributed by atoms with Gasteiger partial charge >= 0.3 is 5.97 Å². The molecule has 0 aromatic heterocycles. The van der Waals surface area contributed by atoms with Crippen molar-refractivity contribution in [3.05, 3.63) is 12.8 Å². The molecule has 1 aliphatic heterocycles. The number of hydrogen-bond donors (Lipinski definition) is 1. The van der Waals surface area contributed by atoms with Crippen molar-refractivity contribution < 1.29 is 19.4 Å². The molecule has 0 aliphatic carbocycles. The Hall–Kier alpha value is -1.36. The molecule has 13 heavy (non-hydrogen) atoms. The lowest BCUT2D eigenvalue weighted by Crippen LogP contribution is -2.42. The van der Waals surface area contributed by atoms with Gasteiger partial charge in [0.25, 0.3) is 0 Å². The molecule has 0 spiro atoms. The van der Waals surface area contributed by atoms with Gasteiger partial charge in [-0.15, -0.1) is 0 Å². The number of hydrogen-bond acceptors (Lipinski definition) is 4. The summed E-state index contributed by atoms with van der Waals surface area (Å²) in [5.41, 5.74) is 0. The van der Waals surface area contributed by atoms with Crippen LogP contribution in [0.4, 0.5) is 0 Å². The van der Waals surface area contributed by atoms with Crippen molar-refractivity contribution in [1.29, 1.82) is 0 Å². The molecule has 1 aliphatic rings. The summed E-state index contributed by atoms with van der Waals surface area (Å²) < 4.78 is 4.35. The molecule has 0 radical (unpaired) electrons. The van der Waals surface area contributed by atoms with Gasteiger partial charge in [-0.2, -0.15) is 0 Å². The van der Waals surface area contributed by atoms with Crippen molar-refractivity contribution in [2.24, 2.45) is 0 Å². The lowest BCUT2D eigenvalue weighted by molar-refractivity contribution is -0.163. The lowest BCUT2D eigenvalue weighted by atomic mass is 10.4. The van der Waals surface area contributed by atoms with Gasteiger partial charge in [-0.25, -0.2) is 4.79 Å².